The van der Waals surface area contributed by atoms with E-state index >= 15 is 0 Å². The molecule has 0 N–H and O–H groups in total. The fourth-order valence-corrected chi connectivity index (χ4v) is 2.14. The molecule has 90 valence electrons. The van der Waals surface area contributed by atoms with E-state index in [0.29, 0.717) is 6.42 Å². The first kappa shape index (κ1) is 11.7. The van der Waals surface area contributed by atoms with Gasteiger partial charge in [-0.25, -0.2) is 0 Å². The van der Waals surface area contributed by atoms with Crippen LogP contribution in [0.4, 0.5) is 0 Å². The lowest BCUT2D eigenvalue weighted by Gasteiger charge is -2.13. The second-order valence-electron chi connectivity index (χ2n) is 4.43. The van der Waals surface area contributed by atoms with Crippen molar-refractivity contribution in [1.29, 1.82) is 0 Å². The third kappa shape index (κ3) is 2.33. The lowest BCUT2D eigenvalue weighted by atomic mass is 9.93. The summed E-state index contributed by atoms with van der Waals surface area (Å²) in [6.45, 7) is 4.88. The highest BCUT2D eigenvalue weighted by Crippen LogP contribution is 2.30. The first-order valence-corrected chi connectivity index (χ1v) is 5.69. The normalized spacial score (nSPS) is 19.5. The molecule has 3 heteroatoms. The summed E-state index contributed by atoms with van der Waals surface area (Å²) in [4.78, 5) is 13.2. The molecule has 0 saturated carbocycles. The number of ether oxygens (including phenoxy) is 1. The van der Waals surface area contributed by atoms with E-state index in [4.69, 9.17) is 4.74 Å². The highest BCUT2D eigenvalue weighted by atomic mass is 16.5. The molecule has 0 aromatic heterocycles. The minimum Gasteiger partial charge on any atom is -0.497 e. The Bertz CT molecular complexity index is 436. The Hall–Kier alpha value is -1.77. The molecule has 1 atom stereocenters. The van der Waals surface area contributed by atoms with Gasteiger partial charge in [-0.05, 0) is 23.3 Å². The fourth-order valence-electron chi connectivity index (χ4n) is 2.14. The minimum absolute atomic E-state index is 0.199. The van der Waals surface area contributed by atoms with Gasteiger partial charge in [-0.2, -0.15) is 0 Å². The second kappa shape index (κ2) is 4.62. The lowest BCUT2D eigenvalue weighted by molar-refractivity contribution is -0.126. The Morgan fingerprint density at radius 3 is 2.53 bits per heavy atom. The maximum atomic E-state index is 11.5. The van der Waals surface area contributed by atoms with Gasteiger partial charge in [0.15, 0.2) is 0 Å². The second-order valence-corrected chi connectivity index (χ2v) is 4.43. The monoisotopic (exact) mass is 231 g/mol. The molecule has 0 spiro atoms. The van der Waals surface area contributed by atoms with Crippen LogP contribution in [-0.2, 0) is 4.79 Å². The summed E-state index contributed by atoms with van der Waals surface area (Å²) in [6.07, 6.45) is 0.571. The number of hydrogen-bond donors (Lipinski definition) is 0. The van der Waals surface area contributed by atoms with E-state index in [1.54, 1.807) is 12.0 Å². The number of nitrogens with zero attached hydrogens (tertiary/aromatic N) is 1. The SMILES string of the molecule is C=C(c1ccc(OC)cc1)[C@@H]1CC(=O)N(C)C1. The van der Waals surface area contributed by atoms with Crippen LogP contribution in [-0.4, -0.2) is 31.5 Å². The highest BCUT2D eigenvalue weighted by molar-refractivity contribution is 5.82. The smallest absolute Gasteiger partial charge is 0.223 e. The van der Waals surface area contributed by atoms with E-state index < -0.39 is 0 Å². The van der Waals surface area contributed by atoms with Crippen molar-refractivity contribution in [2.24, 2.45) is 5.92 Å². The van der Waals surface area contributed by atoms with Gasteiger partial charge in [0.05, 0.1) is 7.11 Å². The molecule has 1 heterocycles. The maximum Gasteiger partial charge on any atom is 0.223 e. The van der Waals surface area contributed by atoms with Crippen molar-refractivity contribution < 1.29 is 9.53 Å². The van der Waals surface area contributed by atoms with E-state index in [-0.39, 0.29) is 11.8 Å². The van der Waals surface area contributed by atoms with Gasteiger partial charge in [0.2, 0.25) is 5.91 Å². The van der Waals surface area contributed by atoms with Gasteiger partial charge in [0, 0.05) is 25.9 Å². The molecule has 1 saturated heterocycles. The Kier molecular flexibility index (Phi) is 3.18. The molecule has 0 bridgehead atoms. The lowest BCUT2D eigenvalue weighted by Crippen LogP contribution is -2.19. The number of benzene rings is 1. The third-order valence-electron chi connectivity index (χ3n) is 3.29. The molecule has 1 aromatic rings. The summed E-state index contributed by atoms with van der Waals surface area (Å²) in [6, 6.07) is 7.82. The Labute approximate surface area is 102 Å². The quantitative estimate of drug-likeness (QED) is 0.798. The zero-order chi connectivity index (χ0) is 12.4. The van der Waals surface area contributed by atoms with E-state index in [9.17, 15) is 4.79 Å². The van der Waals surface area contributed by atoms with Crippen LogP contribution in [0.25, 0.3) is 5.57 Å². The molecule has 17 heavy (non-hydrogen) atoms. The predicted molar refractivity (Wildman–Crippen MR) is 67.8 cm³/mol. The van der Waals surface area contributed by atoms with Crippen LogP contribution < -0.4 is 4.74 Å². The number of carbonyl (C=O) groups excluding carboxylic acids is 1. The van der Waals surface area contributed by atoms with E-state index in [1.165, 1.54) is 0 Å². The fraction of sp³-hybridized carbons (Fsp3) is 0.357. The van der Waals surface area contributed by atoms with Crippen LogP contribution in [0.1, 0.15) is 12.0 Å². The van der Waals surface area contributed by atoms with Crippen LogP contribution in [0.15, 0.2) is 30.8 Å². The first-order valence-electron chi connectivity index (χ1n) is 5.69. The Morgan fingerprint density at radius 2 is 2.06 bits per heavy atom. The number of rotatable bonds is 3. The summed E-state index contributed by atoms with van der Waals surface area (Å²) in [5, 5.41) is 0. The van der Waals surface area contributed by atoms with Crippen molar-refractivity contribution in [3.8, 4) is 5.75 Å². The van der Waals surface area contributed by atoms with Crippen molar-refractivity contribution in [2.45, 2.75) is 6.42 Å². The average Bonchev–Trinajstić information content (AvgIpc) is 2.69. The van der Waals surface area contributed by atoms with E-state index in [2.05, 4.69) is 6.58 Å². The van der Waals surface area contributed by atoms with Crippen LogP contribution >= 0.6 is 0 Å². The Balaban J connectivity index is 2.12. The van der Waals surface area contributed by atoms with Crippen molar-refractivity contribution >= 4 is 11.5 Å². The Morgan fingerprint density at radius 1 is 1.41 bits per heavy atom. The number of likely N-dealkylation sites (tertiary alicyclic amines) is 1. The summed E-state index contributed by atoms with van der Waals surface area (Å²) < 4.78 is 5.12. The molecule has 3 nitrogen and oxygen atoms in total. The summed E-state index contributed by atoms with van der Waals surface area (Å²) in [5.41, 5.74) is 2.12. The van der Waals surface area contributed by atoms with Gasteiger partial charge in [-0.1, -0.05) is 18.7 Å². The molecule has 1 aliphatic heterocycles. The number of amides is 1. The molecule has 1 fully saturated rings. The van der Waals surface area contributed by atoms with Crippen LogP contribution in [0.5, 0.6) is 5.75 Å². The largest absolute Gasteiger partial charge is 0.497 e. The van der Waals surface area contributed by atoms with Gasteiger partial charge in [-0.15, -0.1) is 0 Å². The van der Waals surface area contributed by atoms with Crippen LogP contribution in [0, 0.1) is 5.92 Å². The summed E-state index contributed by atoms with van der Waals surface area (Å²) >= 11 is 0. The van der Waals surface area contributed by atoms with Gasteiger partial charge in [0.25, 0.3) is 0 Å². The molecule has 1 aromatic carbocycles. The first-order chi connectivity index (χ1) is 8.11. The van der Waals surface area contributed by atoms with Gasteiger partial charge < -0.3 is 9.64 Å². The number of hydrogen-bond acceptors (Lipinski definition) is 2. The van der Waals surface area contributed by atoms with Crippen LogP contribution in [0.2, 0.25) is 0 Å². The van der Waals surface area contributed by atoms with E-state index in [0.717, 1.165) is 23.4 Å². The minimum atomic E-state index is 0.199. The van der Waals surface area contributed by atoms with Crippen LogP contribution in [0.3, 0.4) is 0 Å². The standard InChI is InChI=1S/C14H17NO2/c1-10(12-8-14(16)15(2)9-12)11-4-6-13(17-3)7-5-11/h4-7,12H,1,8-9H2,2-3H3/t12-/m1/s1. The topological polar surface area (TPSA) is 29.5 Å². The average molecular weight is 231 g/mol. The van der Waals surface area contributed by atoms with Crippen molar-refractivity contribution in [1.82, 2.24) is 4.90 Å². The molecule has 0 aliphatic carbocycles. The molecule has 1 amide bonds. The molecule has 0 unspecified atom stereocenters. The van der Waals surface area contributed by atoms with Crippen molar-refractivity contribution in [3.05, 3.63) is 36.4 Å². The maximum absolute atomic E-state index is 11.5. The molecule has 0 radical (unpaired) electrons. The molecular weight excluding hydrogens is 214 g/mol. The zero-order valence-corrected chi connectivity index (χ0v) is 10.3. The summed E-state index contributed by atoms with van der Waals surface area (Å²) in [7, 11) is 3.48. The molecule has 2 rings (SSSR count). The summed E-state index contributed by atoms with van der Waals surface area (Å²) in [5.74, 6) is 1.27. The molecule has 1 aliphatic rings. The van der Waals surface area contributed by atoms with Crippen molar-refractivity contribution in [2.75, 3.05) is 20.7 Å². The van der Waals surface area contributed by atoms with Gasteiger partial charge >= 0.3 is 0 Å². The number of carbonyl (C=O) groups is 1. The number of methoxy groups -OCH3 is 1. The van der Waals surface area contributed by atoms with Gasteiger partial charge in [0.1, 0.15) is 5.75 Å². The predicted octanol–water partition coefficient (Wildman–Crippen LogP) is 2.19. The van der Waals surface area contributed by atoms with E-state index in [1.807, 2.05) is 31.3 Å². The molecular formula is C14H17NO2. The van der Waals surface area contributed by atoms with Gasteiger partial charge in [-0.3, -0.25) is 4.79 Å². The van der Waals surface area contributed by atoms with Crippen molar-refractivity contribution in [3.63, 3.8) is 0 Å². The zero-order valence-electron chi connectivity index (χ0n) is 10.3. The third-order valence-corrected chi connectivity index (χ3v) is 3.29. The highest BCUT2D eigenvalue weighted by Gasteiger charge is 2.28.